The van der Waals surface area contributed by atoms with Crippen molar-refractivity contribution >= 4 is 7.75 Å². The molecule has 0 fully saturated rings. The normalized spacial score (nSPS) is 13.7. The molecule has 0 radical (unpaired) electrons. The number of rotatable bonds is 10. The van der Waals surface area contributed by atoms with Gasteiger partial charge in [0.15, 0.2) is 0 Å². The first-order chi connectivity index (χ1) is 9.41. The van der Waals surface area contributed by atoms with Crippen LogP contribution in [-0.4, -0.2) is 39.6 Å². The summed E-state index contributed by atoms with van der Waals surface area (Å²) in [7, 11) is -3.51. The van der Waals surface area contributed by atoms with E-state index in [1.54, 1.807) is 0 Å². The lowest BCUT2D eigenvalue weighted by Crippen LogP contribution is -2.18. The summed E-state index contributed by atoms with van der Waals surface area (Å²) in [5.41, 5.74) is 5.63. The Hall–Kier alpha value is 0.0300. The first kappa shape index (κ1) is 21.0. The average Bonchev–Trinajstić information content (AvgIpc) is 2.24. The zero-order valence-corrected chi connectivity index (χ0v) is 15.2. The van der Waals surface area contributed by atoms with Crippen LogP contribution in [0.25, 0.3) is 0 Å². The highest BCUT2D eigenvalue weighted by Crippen LogP contribution is 2.38. The molecule has 0 atom stereocenters. The topological polar surface area (TPSA) is 80.0 Å². The summed E-state index contributed by atoms with van der Waals surface area (Å²) in [5.74, 6) is 0. The second-order valence-electron chi connectivity index (χ2n) is 7.43. The van der Waals surface area contributed by atoms with E-state index in [2.05, 4.69) is 41.5 Å². The van der Waals surface area contributed by atoms with E-state index in [0.29, 0.717) is 26.4 Å². The Labute approximate surface area is 129 Å². The lowest BCUT2D eigenvalue weighted by atomic mass is 9.99. The summed E-state index contributed by atoms with van der Waals surface area (Å²) in [5, 5.41) is 0. The maximum Gasteiger partial charge on any atom is 0.403 e. The molecule has 0 rings (SSSR count). The molecule has 0 aromatic rings. The summed E-state index contributed by atoms with van der Waals surface area (Å²) in [4.78, 5) is 0. The van der Waals surface area contributed by atoms with Gasteiger partial charge in [0, 0.05) is 0 Å². The predicted molar refractivity (Wildman–Crippen MR) is 84.2 cm³/mol. The van der Waals surface area contributed by atoms with Crippen LogP contribution in [0.15, 0.2) is 0 Å². The van der Waals surface area contributed by atoms with E-state index < -0.39 is 7.75 Å². The molecule has 0 aromatic carbocycles. The Balaban J connectivity index is 3.63. The van der Waals surface area contributed by atoms with Gasteiger partial charge in [0.05, 0.1) is 39.6 Å². The van der Waals surface area contributed by atoms with Gasteiger partial charge in [-0.05, 0) is 10.8 Å². The fraction of sp³-hybridized carbons (Fsp3) is 1.00. The fourth-order valence-corrected chi connectivity index (χ4v) is 1.97. The van der Waals surface area contributed by atoms with Gasteiger partial charge >= 0.3 is 7.75 Å². The molecule has 0 unspecified atom stereocenters. The molecule has 0 spiro atoms. The van der Waals surface area contributed by atoms with E-state index in [-0.39, 0.29) is 24.0 Å². The smallest absolute Gasteiger partial charge is 0.378 e. The zero-order valence-electron chi connectivity index (χ0n) is 14.3. The molecule has 0 amide bonds. The van der Waals surface area contributed by atoms with Crippen molar-refractivity contribution in [2.45, 2.75) is 41.5 Å². The van der Waals surface area contributed by atoms with Crippen LogP contribution in [0.4, 0.5) is 0 Å². The Morgan fingerprint density at radius 3 is 1.38 bits per heavy atom. The molecule has 6 nitrogen and oxygen atoms in total. The number of hydrogen-bond donors (Lipinski definition) is 1. The van der Waals surface area contributed by atoms with Crippen molar-refractivity contribution in [3.63, 3.8) is 0 Å². The van der Waals surface area contributed by atoms with Crippen molar-refractivity contribution in [2.24, 2.45) is 16.3 Å². The van der Waals surface area contributed by atoms with Gasteiger partial charge in [-0.25, -0.2) is 10.1 Å². The summed E-state index contributed by atoms with van der Waals surface area (Å²) in [6.07, 6.45) is 0. The van der Waals surface area contributed by atoms with Crippen LogP contribution >= 0.6 is 7.75 Å². The summed E-state index contributed by atoms with van der Waals surface area (Å²) in [6.45, 7) is 14.6. The van der Waals surface area contributed by atoms with Gasteiger partial charge in [-0.3, -0.25) is 9.05 Å². The summed E-state index contributed by atoms with van der Waals surface area (Å²) >= 11 is 0. The maximum absolute atomic E-state index is 11.8. The van der Waals surface area contributed by atoms with Crippen molar-refractivity contribution in [3.05, 3.63) is 0 Å². The molecule has 0 aliphatic rings. The first-order valence-corrected chi connectivity index (χ1v) is 8.86. The third-order valence-corrected chi connectivity index (χ3v) is 3.15. The molecule has 0 saturated heterocycles. The van der Waals surface area contributed by atoms with Crippen molar-refractivity contribution in [3.8, 4) is 0 Å². The van der Waals surface area contributed by atoms with Crippen LogP contribution < -0.4 is 5.50 Å². The maximum atomic E-state index is 11.8. The van der Waals surface area contributed by atoms with Crippen LogP contribution in [0, 0.1) is 10.8 Å². The highest BCUT2D eigenvalue weighted by Gasteiger charge is 2.18. The van der Waals surface area contributed by atoms with Crippen LogP contribution in [0.3, 0.4) is 0 Å². The summed E-state index contributed by atoms with van der Waals surface area (Å²) < 4.78 is 32.6. The van der Waals surface area contributed by atoms with Gasteiger partial charge in [-0.2, -0.15) is 0 Å². The van der Waals surface area contributed by atoms with Crippen LogP contribution in [0.5, 0.6) is 0 Å². The Morgan fingerprint density at radius 2 is 1.10 bits per heavy atom. The molecule has 21 heavy (non-hydrogen) atoms. The van der Waals surface area contributed by atoms with Gasteiger partial charge in [0.1, 0.15) is 0 Å². The van der Waals surface area contributed by atoms with Crippen molar-refractivity contribution < 1.29 is 23.1 Å². The monoisotopic (exact) mass is 325 g/mol. The minimum Gasteiger partial charge on any atom is -0.378 e. The lowest BCUT2D eigenvalue weighted by Gasteiger charge is -2.19. The van der Waals surface area contributed by atoms with E-state index in [0.717, 1.165) is 0 Å². The zero-order chi connectivity index (χ0) is 16.6. The van der Waals surface area contributed by atoms with Gasteiger partial charge in [0.25, 0.3) is 0 Å². The average molecular weight is 325 g/mol. The Morgan fingerprint density at radius 1 is 0.762 bits per heavy atom. The largest absolute Gasteiger partial charge is 0.403 e. The standard InChI is InChI=1S/C14H32NO5P/c1-13(2,3)11-17-7-9-19-21(15,16)20-10-8-18-12-14(4,5)6/h7-12H2,1-6H3,(H2,15,16). The van der Waals surface area contributed by atoms with Crippen molar-refractivity contribution in [1.29, 1.82) is 0 Å². The minimum absolute atomic E-state index is 0.0906. The second-order valence-corrected chi connectivity index (χ2v) is 9.03. The number of hydrogen-bond acceptors (Lipinski definition) is 5. The SMILES string of the molecule is CC(C)(C)COCCOP(N)(=O)OCCOCC(C)(C)C. The molecule has 0 aliphatic carbocycles. The molecular weight excluding hydrogens is 293 g/mol. The van der Waals surface area contributed by atoms with Crippen LogP contribution in [0.2, 0.25) is 0 Å². The van der Waals surface area contributed by atoms with Crippen LogP contribution in [-0.2, 0) is 23.1 Å². The second kappa shape index (κ2) is 9.23. The van der Waals surface area contributed by atoms with E-state index in [9.17, 15) is 4.57 Å². The molecular formula is C14H32NO5P. The van der Waals surface area contributed by atoms with Gasteiger partial charge in [-0.15, -0.1) is 0 Å². The van der Waals surface area contributed by atoms with Gasteiger partial charge < -0.3 is 9.47 Å². The Kier molecular flexibility index (Phi) is 9.25. The van der Waals surface area contributed by atoms with E-state index >= 15 is 0 Å². The molecule has 0 heterocycles. The fourth-order valence-electron chi connectivity index (χ4n) is 1.24. The van der Waals surface area contributed by atoms with Crippen molar-refractivity contribution in [1.82, 2.24) is 0 Å². The van der Waals surface area contributed by atoms with Crippen LogP contribution in [0.1, 0.15) is 41.5 Å². The van der Waals surface area contributed by atoms with Gasteiger partial charge in [-0.1, -0.05) is 41.5 Å². The molecule has 0 aromatic heterocycles. The predicted octanol–water partition coefficient (Wildman–Crippen LogP) is 3.21. The molecule has 0 bridgehead atoms. The first-order valence-electron chi connectivity index (χ1n) is 7.25. The molecule has 0 saturated carbocycles. The molecule has 2 N–H and O–H groups in total. The molecule has 0 aliphatic heterocycles. The Bertz CT molecular complexity index is 294. The molecule has 128 valence electrons. The highest BCUT2D eigenvalue weighted by atomic mass is 31.2. The van der Waals surface area contributed by atoms with E-state index in [4.69, 9.17) is 24.0 Å². The lowest BCUT2D eigenvalue weighted by molar-refractivity contribution is 0.0360. The quantitative estimate of drug-likeness (QED) is 0.491. The summed E-state index contributed by atoms with van der Waals surface area (Å²) in [6, 6.07) is 0. The van der Waals surface area contributed by atoms with Crippen molar-refractivity contribution in [2.75, 3.05) is 39.6 Å². The highest BCUT2D eigenvalue weighted by molar-refractivity contribution is 7.51. The third kappa shape index (κ3) is 16.2. The van der Waals surface area contributed by atoms with E-state index in [1.807, 2.05) is 0 Å². The molecule has 7 heteroatoms. The van der Waals surface area contributed by atoms with Gasteiger partial charge in [0.2, 0.25) is 0 Å². The number of ether oxygens (including phenoxy) is 2. The minimum atomic E-state index is -3.51. The van der Waals surface area contributed by atoms with E-state index in [1.165, 1.54) is 0 Å². The third-order valence-electron chi connectivity index (χ3n) is 2.07. The number of nitrogens with two attached hydrogens (primary N) is 1.